The summed E-state index contributed by atoms with van der Waals surface area (Å²) in [4.78, 5) is 0.118. The van der Waals surface area contributed by atoms with Gasteiger partial charge in [-0.2, -0.15) is 0 Å². The lowest BCUT2D eigenvalue weighted by Gasteiger charge is -2.18. The fourth-order valence-corrected chi connectivity index (χ4v) is 2.69. The van der Waals surface area contributed by atoms with E-state index in [0.29, 0.717) is 5.69 Å². The average Bonchev–Trinajstić information content (AvgIpc) is 2.21. The van der Waals surface area contributed by atoms with Crippen molar-refractivity contribution in [2.45, 2.75) is 38.2 Å². The summed E-state index contributed by atoms with van der Waals surface area (Å²) in [6.45, 7) is 6.66. The first-order valence-electron chi connectivity index (χ1n) is 5.62. The third kappa shape index (κ3) is 3.69. The fourth-order valence-electron chi connectivity index (χ4n) is 1.36. The van der Waals surface area contributed by atoms with Crippen molar-refractivity contribution in [2.75, 3.05) is 12.3 Å². The lowest BCUT2D eigenvalue weighted by Crippen LogP contribution is -2.38. The number of sulfonamides is 1. The van der Waals surface area contributed by atoms with Gasteiger partial charge in [0.05, 0.1) is 10.5 Å². The minimum atomic E-state index is -3.65. The van der Waals surface area contributed by atoms with E-state index < -0.39 is 15.6 Å². The van der Waals surface area contributed by atoms with Crippen LogP contribution in [-0.2, 0) is 10.0 Å². The van der Waals surface area contributed by atoms with Gasteiger partial charge in [-0.05, 0) is 51.0 Å². The molecule has 0 radical (unpaired) electrons. The van der Waals surface area contributed by atoms with E-state index in [-0.39, 0.29) is 11.4 Å². The smallest absolute Gasteiger partial charge is 0.240 e. The van der Waals surface area contributed by atoms with E-state index in [1.165, 1.54) is 19.9 Å². The summed E-state index contributed by atoms with van der Waals surface area (Å²) in [5.41, 5.74) is 6.79. The van der Waals surface area contributed by atoms with E-state index in [0.717, 1.165) is 11.1 Å². The number of benzene rings is 1. The Balaban J connectivity index is 3.07. The zero-order valence-corrected chi connectivity index (χ0v) is 11.9. The van der Waals surface area contributed by atoms with E-state index in [4.69, 9.17) is 5.73 Å². The zero-order chi connectivity index (χ0) is 14.1. The van der Waals surface area contributed by atoms with Crippen LogP contribution in [0.2, 0.25) is 0 Å². The molecule has 0 fully saturated rings. The van der Waals surface area contributed by atoms with E-state index in [2.05, 4.69) is 4.72 Å². The molecule has 18 heavy (non-hydrogen) atoms. The number of hydrogen-bond acceptors (Lipinski definition) is 4. The van der Waals surface area contributed by atoms with Gasteiger partial charge in [-0.25, -0.2) is 13.1 Å². The van der Waals surface area contributed by atoms with Crippen molar-refractivity contribution in [1.82, 2.24) is 4.72 Å². The molecule has 1 rings (SSSR count). The number of hydrogen-bond donors (Lipinski definition) is 3. The summed E-state index contributed by atoms with van der Waals surface area (Å²) >= 11 is 0. The van der Waals surface area contributed by atoms with Crippen molar-refractivity contribution in [3.8, 4) is 0 Å². The monoisotopic (exact) mass is 272 g/mol. The van der Waals surface area contributed by atoms with Crippen molar-refractivity contribution in [3.05, 3.63) is 23.3 Å². The van der Waals surface area contributed by atoms with Gasteiger partial charge in [0.1, 0.15) is 0 Å². The second kappa shape index (κ2) is 4.87. The van der Waals surface area contributed by atoms with Crippen LogP contribution >= 0.6 is 0 Å². The normalized spacial score (nSPS) is 12.7. The van der Waals surface area contributed by atoms with Gasteiger partial charge in [-0.3, -0.25) is 0 Å². The molecule has 1 aromatic carbocycles. The highest BCUT2D eigenvalue weighted by Crippen LogP contribution is 2.21. The molecule has 0 unspecified atom stereocenters. The summed E-state index contributed by atoms with van der Waals surface area (Å²) in [6, 6.07) is 2.99. The molecule has 0 atom stereocenters. The van der Waals surface area contributed by atoms with E-state index in [9.17, 15) is 13.5 Å². The summed E-state index contributed by atoms with van der Waals surface area (Å²) in [5, 5.41) is 9.53. The van der Waals surface area contributed by atoms with Gasteiger partial charge in [-0.1, -0.05) is 0 Å². The van der Waals surface area contributed by atoms with E-state index in [1.807, 2.05) is 6.92 Å². The quantitative estimate of drug-likeness (QED) is 0.711. The predicted octanol–water partition coefficient (Wildman–Crippen LogP) is 0.935. The maximum absolute atomic E-state index is 12.0. The number of nitrogens with one attached hydrogen (secondary N) is 1. The Morgan fingerprint density at radius 3 is 2.33 bits per heavy atom. The van der Waals surface area contributed by atoms with Crippen LogP contribution in [0.5, 0.6) is 0 Å². The standard InChI is InChI=1S/C12H20N2O3S/c1-8-5-10(6-11(13)9(8)2)18(16,17)14-7-12(3,4)15/h5-6,14-15H,7,13H2,1-4H3. The van der Waals surface area contributed by atoms with Crippen LogP contribution in [0.4, 0.5) is 5.69 Å². The molecule has 0 aromatic heterocycles. The molecule has 102 valence electrons. The highest BCUT2D eigenvalue weighted by molar-refractivity contribution is 7.89. The largest absolute Gasteiger partial charge is 0.398 e. The Morgan fingerprint density at radius 1 is 1.33 bits per heavy atom. The second-order valence-electron chi connectivity index (χ2n) is 5.09. The van der Waals surface area contributed by atoms with Crippen LogP contribution in [0.15, 0.2) is 17.0 Å². The molecule has 5 nitrogen and oxygen atoms in total. The third-order valence-electron chi connectivity index (χ3n) is 2.69. The SMILES string of the molecule is Cc1cc(S(=O)(=O)NCC(C)(C)O)cc(N)c1C. The Kier molecular flexibility index (Phi) is 4.05. The molecule has 0 aliphatic carbocycles. The Labute approximate surface area is 108 Å². The number of nitrogens with two attached hydrogens (primary N) is 1. The second-order valence-corrected chi connectivity index (χ2v) is 6.86. The molecular weight excluding hydrogens is 252 g/mol. The lowest BCUT2D eigenvalue weighted by molar-refractivity contribution is 0.0857. The van der Waals surface area contributed by atoms with Gasteiger partial charge in [0, 0.05) is 12.2 Å². The Hall–Kier alpha value is -1.11. The molecule has 1 aromatic rings. The minimum absolute atomic E-state index is 0.0534. The van der Waals surface area contributed by atoms with Crippen molar-refractivity contribution in [2.24, 2.45) is 0 Å². The summed E-state index contributed by atoms with van der Waals surface area (Å²) < 4.78 is 26.4. The molecule has 0 bridgehead atoms. The number of aryl methyl sites for hydroxylation is 1. The maximum Gasteiger partial charge on any atom is 0.240 e. The first kappa shape index (κ1) is 14.9. The van der Waals surface area contributed by atoms with Crippen LogP contribution in [0, 0.1) is 13.8 Å². The van der Waals surface area contributed by atoms with Gasteiger partial charge in [0.15, 0.2) is 0 Å². The average molecular weight is 272 g/mol. The van der Waals surface area contributed by atoms with Crippen LogP contribution < -0.4 is 10.5 Å². The summed E-state index contributed by atoms with van der Waals surface area (Å²) in [5.74, 6) is 0. The molecule has 6 heteroatoms. The van der Waals surface area contributed by atoms with E-state index >= 15 is 0 Å². The van der Waals surface area contributed by atoms with Gasteiger partial charge in [-0.15, -0.1) is 0 Å². The molecule has 0 aliphatic heterocycles. The first-order valence-corrected chi connectivity index (χ1v) is 7.10. The summed E-state index contributed by atoms with van der Waals surface area (Å²) in [6.07, 6.45) is 0. The molecule has 0 amide bonds. The molecule has 0 heterocycles. The highest BCUT2D eigenvalue weighted by atomic mass is 32.2. The van der Waals surface area contributed by atoms with Crippen LogP contribution in [0.1, 0.15) is 25.0 Å². The van der Waals surface area contributed by atoms with Crippen LogP contribution in [0.3, 0.4) is 0 Å². The number of rotatable bonds is 4. The van der Waals surface area contributed by atoms with Crippen molar-refractivity contribution < 1.29 is 13.5 Å². The van der Waals surface area contributed by atoms with Gasteiger partial charge < -0.3 is 10.8 Å². The molecule has 0 saturated heterocycles. The van der Waals surface area contributed by atoms with Gasteiger partial charge in [0.25, 0.3) is 0 Å². The lowest BCUT2D eigenvalue weighted by atomic mass is 10.1. The topological polar surface area (TPSA) is 92.4 Å². The fraction of sp³-hybridized carbons (Fsp3) is 0.500. The van der Waals surface area contributed by atoms with Crippen molar-refractivity contribution in [3.63, 3.8) is 0 Å². The molecule has 0 aliphatic rings. The van der Waals surface area contributed by atoms with Crippen LogP contribution in [-0.4, -0.2) is 25.7 Å². The number of nitrogen functional groups attached to an aromatic ring is 1. The molecular formula is C12H20N2O3S. The first-order chi connectivity index (χ1) is 8.03. The molecule has 4 N–H and O–H groups in total. The Bertz CT molecular complexity index is 522. The predicted molar refractivity (Wildman–Crippen MR) is 71.8 cm³/mol. The Morgan fingerprint density at radius 2 is 1.89 bits per heavy atom. The van der Waals surface area contributed by atoms with Gasteiger partial charge in [0.2, 0.25) is 10.0 Å². The highest BCUT2D eigenvalue weighted by Gasteiger charge is 2.20. The van der Waals surface area contributed by atoms with E-state index in [1.54, 1.807) is 13.0 Å². The number of anilines is 1. The molecule has 0 saturated carbocycles. The maximum atomic E-state index is 12.0. The number of aliphatic hydroxyl groups is 1. The van der Waals surface area contributed by atoms with Crippen molar-refractivity contribution in [1.29, 1.82) is 0 Å². The minimum Gasteiger partial charge on any atom is -0.398 e. The zero-order valence-electron chi connectivity index (χ0n) is 11.1. The van der Waals surface area contributed by atoms with Crippen molar-refractivity contribution >= 4 is 15.7 Å². The van der Waals surface area contributed by atoms with Crippen LogP contribution in [0.25, 0.3) is 0 Å². The summed E-state index contributed by atoms with van der Waals surface area (Å²) in [7, 11) is -3.65. The third-order valence-corrected chi connectivity index (χ3v) is 4.07. The molecule has 0 spiro atoms. The van der Waals surface area contributed by atoms with Gasteiger partial charge >= 0.3 is 0 Å².